The summed E-state index contributed by atoms with van der Waals surface area (Å²) in [5.74, 6) is -3.37. The van der Waals surface area contributed by atoms with E-state index in [1.807, 2.05) is 0 Å². The van der Waals surface area contributed by atoms with Crippen LogP contribution < -0.4 is 19.9 Å². The van der Waals surface area contributed by atoms with Crippen molar-refractivity contribution in [3.8, 4) is 22.7 Å². The molecule has 13 nitrogen and oxygen atoms in total. The SMILES string of the molecule is COc1ccc(CN(c2nn(C)c3c(-n4c([C@H](Cc5cc(F)cc(F)c5)NC(=O)OC(C)(C)C)nc5nc(-c6ccc(F)cc6F)ccc5c4=O)ccc(Cl)c23)S(C)(=O)=O)cc1. The van der Waals surface area contributed by atoms with Crippen LogP contribution in [0.1, 0.15) is 43.8 Å². The zero-order valence-electron chi connectivity index (χ0n) is 34.0. The highest BCUT2D eigenvalue weighted by Crippen LogP contribution is 2.38. The molecule has 62 heavy (non-hydrogen) atoms. The maximum Gasteiger partial charge on any atom is 0.408 e. The van der Waals surface area contributed by atoms with Crippen molar-refractivity contribution < 1.29 is 40.2 Å². The number of amides is 1. The summed E-state index contributed by atoms with van der Waals surface area (Å²) in [6, 6.07) is 16.5. The van der Waals surface area contributed by atoms with Crippen molar-refractivity contribution in [3.63, 3.8) is 0 Å². The second kappa shape index (κ2) is 16.7. The van der Waals surface area contributed by atoms with Crippen molar-refractivity contribution in [3.05, 3.63) is 141 Å². The summed E-state index contributed by atoms with van der Waals surface area (Å²) in [5.41, 5.74) is -1.33. The van der Waals surface area contributed by atoms with Gasteiger partial charge in [0.15, 0.2) is 11.5 Å². The third kappa shape index (κ3) is 9.06. The molecule has 0 aliphatic heterocycles. The Balaban J connectivity index is 1.52. The number of aromatic nitrogens is 5. The van der Waals surface area contributed by atoms with Gasteiger partial charge in [-0.25, -0.2) is 45.0 Å². The van der Waals surface area contributed by atoms with Crippen molar-refractivity contribution in [2.24, 2.45) is 7.05 Å². The zero-order valence-corrected chi connectivity index (χ0v) is 35.6. The van der Waals surface area contributed by atoms with Crippen molar-refractivity contribution in [2.75, 3.05) is 17.7 Å². The van der Waals surface area contributed by atoms with E-state index in [-0.39, 0.29) is 74.1 Å². The van der Waals surface area contributed by atoms with E-state index in [0.717, 1.165) is 33.3 Å². The number of anilines is 1. The number of methoxy groups -OCH3 is 1. The Morgan fingerprint density at radius 1 is 0.903 bits per heavy atom. The number of fused-ring (bicyclic) bond motifs is 2. The van der Waals surface area contributed by atoms with Gasteiger partial charge in [-0.2, -0.15) is 5.10 Å². The topological polar surface area (TPSA) is 151 Å². The van der Waals surface area contributed by atoms with E-state index in [2.05, 4.69) is 15.4 Å². The van der Waals surface area contributed by atoms with E-state index in [0.29, 0.717) is 23.4 Å². The average molecular weight is 892 g/mol. The quantitative estimate of drug-likeness (QED) is 0.127. The lowest BCUT2D eigenvalue weighted by Crippen LogP contribution is -2.39. The molecule has 19 heteroatoms. The molecule has 0 radical (unpaired) electrons. The standard InChI is InChI=1S/C43H38ClF4N7O6S/c1-43(2,3)61-42(57)50-34(19-24-17-26(46)20-27(47)18-24)39-51-38-30(13-15-33(49-38)29-12-9-25(45)21-32(29)48)41(56)55(39)35-16-14-31(44)36-37(35)53(4)52-40(36)54(62(6,58)59)22-23-7-10-28(60-5)11-8-23/h7-18,20-21,34H,19,22H2,1-6H3,(H,50,57)/t34-/m0/s1. The van der Waals surface area contributed by atoms with Gasteiger partial charge in [0.05, 0.1) is 58.6 Å². The van der Waals surface area contributed by atoms with Crippen molar-refractivity contribution in [2.45, 2.75) is 45.4 Å². The minimum atomic E-state index is -4.06. The van der Waals surface area contributed by atoms with Crippen molar-refractivity contribution in [1.29, 1.82) is 0 Å². The number of pyridine rings is 1. The molecule has 0 unspecified atom stereocenters. The maximum absolute atomic E-state index is 15.0. The number of ether oxygens (including phenoxy) is 2. The van der Waals surface area contributed by atoms with Crippen LogP contribution in [0.2, 0.25) is 5.02 Å². The smallest absolute Gasteiger partial charge is 0.408 e. The number of carbonyl (C=O) groups is 1. The van der Waals surface area contributed by atoms with Crippen LogP contribution in [0.4, 0.5) is 28.2 Å². The van der Waals surface area contributed by atoms with Gasteiger partial charge in [0.2, 0.25) is 10.0 Å². The number of nitrogens with one attached hydrogen (secondary N) is 1. The number of nitrogens with zero attached hydrogens (tertiary/aromatic N) is 6. The van der Waals surface area contributed by atoms with Crippen LogP contribution in [-0.2, 0) is 34.8 Å². The van der Waals surface area contributed by atoms with Gasteiger partial charge in [-0.05, 0) is 92.6 Å². The molecule has 7 rings (SSSR count). The molecule has 0 fully saturated rings. The summed E-state index contributed by atoms with van der Waals surface area (Å²) in [7, 11) is -1.05. The summed E-state index contributed by atoms with van der Waals surface area (Å²) < 4.78 is 99.6. The molecule has 0 aliphatic carbocycles. The first kappa shape index (κ1) is 43.6. The van der Waals surface area contributed by atoms with Crippen LogP contribution in [0, 0.1) is 23.3 Å². The predicted molar refractivity (Wildman–Crippen MR) is 226 cm³/mol. The van der Waals surface area contributed by atoms with E-state index in [1.54, 1.807) is 45.0 Å². The summed E-state index contributed by atoms with van der Waals surface area (Å²) in [6.45, 7) is 4.68. The van der Waals surface area contributed by atoms with E-state index in [9.17, 15) is 26.4 Å². The lowest BCUT2D eigenvalue weighted by atomic mass is 10.0. The number of carbonyl (C=O) groups excluding carboxylic acids is 1. The summed E-state index contributed by atoms with van der Waals surface area (Å²) in [4.78, 5) is 37.8. The number of sulfonamides is 1. The van der Waals surface area contributed by atoms with Gasteiger partial charge in [-0.1, -0.05) is 23.7 Å². The number of rotatable bonds is 11. The van der Waals surface area contributed by atoms with Crippen molar-refractivity contribution >= 4 is 55.5 Å². The average Bonchev–Trinajstić information content (AvgIpc) is 3.52. The molecule has 322 valence electrons. The molecule has 3 heterocycles. The van der Waals surface area contributed by atoms with E-state index in [4.69, 9.17) is 26.1 Å². The Bertz CT molecular complexity index is 3050. The molecule has 1 amide bonds. The van der Waals surface area contributed by atoms with Gasteiger partial charge in [-0.3, -0.25) is 14.0 Å². The van der Waals surface area contributed by atoms with Gasteiger partial charge in [0.25, 0.3) is 5.56 Å². The van der Waals surface area contributed by atoms with E-state index in [1.165, 1.54) is 49.2 Å². The Labute approximate surface area is 357 Å². The maximum atomic E-state index is 15.0. The molecule has 1 atom stereocenters. The molecule has 4 aromatic carbocycles. The number of hydrogen-bond donors (Lipinski definition) is 1. The Morgan fingerprint density at radius 3 is 2.23 bits per heavy atom. The fourth-order valence-electron chi connectivity index (χ4n) is 6.96. The normalized spacial score (nSPS) is 12.4. The first-order valence-electron chi connectivity index (χ1n) is 18.8. The van der Waals surface area contributed by atoms with Gasteiger partial charge in [0, 0.05) is 31.2 Å². The lowest BCUT2D eigenvalue weighted by molar-refractivity contribution is 0.0500. The minimum absolute atomic E-state index is 0.0164. The highest BCUT2D eigenvalue weighted by atomic mass is 35.5. The van der Waals surface area contributed by atoms with Crippen LogP contribution in [-0.4, -0.2) is 57.8 Å². The number of aryl methyl sites for hydroxylation is 1. The predicted octanol–water partition coefficient (Wildman–Crippen LogP) is 8.33. The Morgan fingerprint density at radius 2 is 1.60 bits per heavy atom. The highest BCUT2D eigenvalue weighted by molar-refractivity contribution is 7.92. The largest absolute Gasteiger partial charge is 0.497 e. The van der Waals surface area contributed by atoms with E-state index < -0.39 is 56.6 Å². The van der Waals surface area contributed by atoms with Gasteiger partial charge < -0.3 is 14.8 Å². The highest BCUT2D eigenvalue weighted by Gasteiger charge is 2.31. The molecule has 0 bridgehead atoms. The summed E-state index contributed by atoms with van der Waals surface area (Å²) in [5, 5.41) is 7.37. The molecular weight excluding hydrogens is 854 g/mol. The molecule has 0 saturated heterocycles. The monoisotopic (exact) mass is 891 g/mol. The minimum Gasteiger partial charge on any atom is -0.497 e. The first-order chi connectivity index (χ1) is 29.2. The van der Waals surface area contributed by atoms with Gasteiger partial charge >= 0.3 is 6.09 Å². The fourth-order valence-corrected chi connectivity index (χ4v) is 8.02. The van der Waals surface area contributed by atoms with Crippen LogP contribution in [0.5, 0.6) is 5.75 Å². The molecule has 0 spiro atoms. The Hall–Kier alpha value is -6.53. The number of benzene rings is 4. The zero-order chi connectivity index (χ0) is 44.8. The molecule has 0 aliphatic rings. The van der Waals surface area contributed by atoms with Crippen LogP contribution in [0.3, 0.4) is 0 Å². The second-order valence-corrected chi connectivity index (χ2v) is 17.7. The van der Waals surface area contributed by atoms with Crippen LogP contribution in [0.25, 0.3) is 38.9 Å². The van der Waals surface area contributed by atoms with E-state index >= 15 is 9.18 Å². The lowest BCUT2D eigenvalue weighted by Gasteiger charge is -2.26. The van der Waals surface area contributed by atoms with Gasteiger partial charge in [0.1, 0.15) is 40.4 Å². The summed E-state index contributed by atoms with van der Waals surface area (Å²) in [6.07, 6.45) is -0.344. The molecule has 7 aromatic rings. The van der Waals surface area contributed by atoms with Crippen LogP contribution >= 0.6 is 11.6 Å². The molecular formula is C43H38ClF4N7O6S. The van der Waals surface area contributed by atoms with Crippen LogP contribution in [0.15, 0.2) is 89.7 Å². The Kier molecular flexibility index (Phi) is 11.8. The second-order valence-electron chi connectivity index (χ2n) is 15.3. The number of alkyl carbamates (subject to hydrolysis) is 1. The molecule has 3 aromatic heterocycles. The summed E-state index contributed by atoms with van der Waals surface area (Å²) >= 11 is 6.87. The van der Waals surface area contributed by atoms with Gasteiger partial charge in [-0.15, -0.1) is 0 Å². The van der Waals surface area contributed by atoms with Crippen molar-refractivity contribution in [1.82, 2.24) is 29.6 Å². The molecule has 0 saturated carbocycles. The number of halogens is 5. The number of hydrogen-bond acceptors (Lipinski definition) is 9. The fraction of sp³-hybridized carbons (Fsp3) is 0.233. The third-order valence-electron chi connectivity index (χ3n) is 9.59. The third-order valence-corrected chi connectivity index (χ3v) is 11.0. The first-order valence-corrected chi connectivity index (χ1v) is 21.0. The molecule has 1 N–H and O–H groups in total.